The van der Waals surface area contributed by atoms with Crippen molar-refractivity contribution in [1.82, 2.24) is 15.1 Å². The molecular weight excluding hydrogens is 419 g/mol. The highest BCUT2D eigenvalue weighted by molar-refractivity contribution is 6.05. The second-order valence-electron chi connectivity index (χ2n) is 8.49. The van der Waals surface area contributed by atoms with E-state index in [0.29, 0.717) is 17.9 Å². The van der Waals surface area contributed by atoms with Crippen LogP contribution in [0.1, 0.15) is 42.4 Å². The van der Waals surface area contributed by atoms with E-state index in [9.17, 15) is 14.0 Å². The number of anilines is 1. The van der Waals surface area contributed by atoms with E-state index in [2.05, 4.69) is 15.7 Å². The van der Waals surface area contributed by atoms with E-state index in [1.165, 1.54) is 19.1 Å². The number of nitrogens with zero attached hydrogens (tertiary/aromatic N) is 2. The maximum Gasteiger partial charge on any atom is 0.273 e. The molecule has 0 aliphatic rings. The van der Waals surface area contributed by atoms with Gasteiger partial charge < -0.3 is 10.6 Å². The Hall–Kier alpha value is -4.00. The zero-order valence-corrected chi connectivity index (χ0v) is 18.7. The summed E-state index contributed by atoms with van der Waals surface area (Å²) in [6, 6.07) is 21.1. The Balaban J connectivity index is 1.63. The summed E-state index contributed by atoms with van der Waals surface area (Å²) in [6.07, 6.45) is 0. The first-order valence-electron chi connectivity index (χ1n) is 10.6. The minimum Gasteiger partial charge on any atom is -0.342 e. The molecule has 2 amide bonds. The first-order chi connectivity index (χ1) is 15.7. The summed E-state index contributed by atoms with van der Waals surface area (Å²) < 4.78 is 15.0. The van der Waals surface area contributed by atoms with E-state index < -0.39 is 5.54 Å². The summed E-state index contributed by atoms with van der Waals surface area (Å²) >= 11 is 0. The van der Waals surface area contributed by atoms with Crippen molar-refractivity contribution < 1.29 is 14.0 Å². The van der Waals surface area contributed by atoms with E-state index in [0.717, 1.165) is 22.0 Å². The second kappa shape index (κ2) is 8.86. The summed E-state index contributed by atoms with van der Waals surface area (Å²) in [7, 11) is 0. The van der Waals surface area contributed by atoms with Crippen molar-refractivity contribution in [2.75, 3.05) is 5.32 Å². The molecule has 0 fully saturated rings. The Kier molecular flexibility index (Phi) is 5.96. The molecule has 0 atom stereocenters. The fraction of sp³-hybridized carbons (Fsp3) is 0.192. The molecule has 3 aromatic carbocycles. The standard InChI is InChI=1S/C26H25FN4O2/c1-17(32)28-21-8-6-7-19(15-21)26(2,3)29-25(33)24-22-9-4-5-10-23(22)31(30-24)16-18-11-13-20(27)14-12-18/h4-15H,16H2,1-3H3,(H,28,32)(H,29,33). The van der Waals surface area contributed by atoms with Gasteiger partial charge in [-0.1, -0.05) is 42.5 Å². The van der Waals surface area contributed by atoms with Gasteiger partial charge in [0.05, 0.1) is 17.6 Å². The third-order valence-corrected chi connectivity index (χ3v) is 5.45. The second-order valence-corrected chi connectivity index (χ2v) is 8.49. The van der Waals surface area contributed by atoms with Gasteiger partial charge in [0.25, 0.3) is 5.91 Å². The molecule has 6 nitrogen and oxygen atoms in total. The van der Waals surface area contributed by atoms with E-state index in [-0.39, 0.29) is 17.6 Å². The molecule has 7 heteroatoms. The Morgan fingerprint density at radius 3 is 2.45 bits per heavy atom. The van der Waals surface area contributed by atoms with Crippen LogP contribution in [0.25, 0.3) is 10.9 Å². The zero-order chi connectivity index (χ0) is 23.6. The van der Waals surface area contributed by atoms with Crippen LogP contribution >= 0.6 is 0 Å². The van der Waals surface area contributed by atoms with Gasteiger partial charge in [0.2, 0.25) is 5.91 Å². The van der Waals surface area contributed by atoms with Crippen LogP contribution in [0.15, 0.2) is 72.8 Å². The topological polar surface area (TPSA) is 76.0 Å². The van der Waals surface area contributed by atoms with Crippen molar-refractivity contribution >= 4 is 28.4 Å². The normalized spacial score (nSPS) is 11.4. The lowest BCUT2D eigenvalue weighted by Gasteiger charge is -2.27. The largest absolute Gasteiger partial charge is 0.342 e. The average Bonchev–Trinajstić information content (AvgIpc) is 3.13. The van der Waals surface area contributed by atoms with Crippen molar-refractivity contribution in [3.05, 3.63) is 95.4 Å². The summed E-state index contributed by atoms with van der Waals surface area (Å²) in [4.78, 5) is 24.7. The summed E-state index contributed by atoms with van der Waals surface area (Å²) in [5.74, 6) is -0.764. The van der Waals surface area contributed by atoms with E-state index in [4.69, 9.17) is 0 Å². The quantitative estimate of drug-likeness (QED) is 0.447. The van der Waals surface area contributed by atoms with Crippen LogP contribution in [-0.4, -0.2) is 21.6 Å². The van der Waals surface area contributed by atoms with Crippen LogP contribution in [0.4, 0.5) is 10.1 Å². The molecule has 33 heavy (non-hydrogen) atoms. The lowest BCUT2D eigenvalue weighted by Crippen LogP contribution is -2.41. The zero-order valence-electron chi connectivity index (χ0n) is 18.7. The molecule has 0 aliphatic carbocycles. The van der Waals surface area contributed by atoms with Gasteiger partial charge in [0.15, 0.2) is 5.69 Å². The maximum absolute atomic E-state index is 13.3. The number of amides is 2. The highest BCUT2D eigenvalue weighted by Gasteiger charge is 2.26. The van der Waals surface area contributed by atoms with Crippen molar-refractivity contribution in [1.29, 1.82) is 0 Å². The molecule has 0 aliphatic heterocycles. The first kappa shape index (κ1) is 22.2. The van der Waals surface area contributed by atoms with Crippen LogP contribution in [-0.2, 0) is 16.9 Å². The minimum atomic E-state index is -0.715. The Morgan fingerprint density at radius 2 is 1.73 bits per heavy atom. The van der Waals surface area contributed by atoms with E-state index in [1.807, 2.05) is 56.3 Å². The minimum absolute atomic E-state index is 0.160. The molecule has 0 saturated carbocycles. The Bertz CT molecular complexity index is 1330. The molecule has 0 radical (unpaired) electrons. The Morgan fingerprint density at radius 1 is 1.00 bits per heavy atom. The lowest BCUT2D eigenvalue weighted by atomic mass is 9.93. The molecule has 1 heterocycles. The number of hydrogen-bond acceptors (Lipinski definition) is 3. The molecule has 0 unspecified atom stereocenters. The third kappa shape index (κ3) is 4.92. The van der Waals surface area contributed by atoms with Crippen LogP contribution in [0.2, 0.25) is 0 Å². The van der Waals surface area contributed by atoms with Gasteiger partial charge in [0, 0.05) is 18.0 Å². The van der Waals surface area contributed by atoms with Gasteiger partial charge in [0.1, 0.15) is 5.82 Å². The highest BCUT2D eigenvalue weighted by Crippen LogP contribution is 2.25. The number of hydrogen-bond donors (Lipinski definition) is 2. The molecule has 0 spiro atoms. The van der Waals surface area contributed by atoms with Gasteiger partial charge in [-0.2, -0.15) is 5.10 Å². The predicted molar refractivity (Wildman–Crippen MR) is 126 cm³/mol. The smallest absolute Gasteiger partial charge is 0.273 e. The number of para-hydroxylation sites is 1. The number of rotatable bonds is 6. The monoisotopic (exact) mass is 444 g/mol. The predicted octanol–water partition coefficient (Wildman–Crippen LogP) is 4.85. The number of fused-ring (bicyclic) bond motifs is 1. The molecule has 168 valence electrons. The lowest BCUT2D eigenvalue weighted by molar-refractivity contribution is -0.114. The highest BCUT2D eigenvalue weighted by atomic mass is 19.1. The van der Waals surface area contributed by atoms with Gasteiger partial charge >= 0.3 is 0 Å². The molecule has 1 aromatic heterocycles. The van der Waals surface area contributed by atoms with Crippen LogP contribution in [0, 0.1) is 5.82 Å². The van der Waals surface area contributed by atoms with E-state index >= 15 is 0 Å². The maximum atomic E-state index is 13.3. The summed E-state index contributed by atoms with van der Waals surface area (Å²) in [5, 5.41) is 11.2. The molecule has 0 bridgehead atoms. The fourth-order valence-corrected chi connectivity index (χ4v) is 3.78. The first-order valence-corrected chi connectivity index (χ1v) is 10.6. The van der Waals surface area contributed by atoms with Crippen LogP contribution in [0.3, 0.4) is 0 Å². The number of nitrogens with one attached hydrogen (secondary N) is 2. The number of aromatic nitrogens is 2. The van der Waals surface area contributed by atoms with Gasteiger partial charge in [-0.15, -0.1) is 0 Å². The fourth-order valence-electron chi connectivity index (χ4n) is 3.78. The number of benzene rings is 3. The van der Waals surface area contributed by atoms with E-state index in [1.54, 1.807) is 22.9 Å². The molecule has 0 saturated heterocycles. The summed E-state index contributed by atoms with van der Waals surface area (Å²) in [5.41, 5.74) is 2.81. The molecule has 4 aromatic rings. The van der Waals surface area contributed by atoms with Gasteiger partial charge in [-0.05, 0) is 55.3 Å². The summed E-state index contributed by atoms with van der Waals surface area (Å²) in [6.45, 7) is 5.66. The SMILES string of the molecule is CC(=O)Nc1cccc(C(C)(C)NC(=O)c2nn(Cc3ccc(F)cc3)c3ccccc23)c1. The number of carbonyl (C=O) groups is 2. The third-order valence-electron chi connectivity index (χ3n) is 5.45. The van der Waals surface area contributed by atoms with Gasteiger partial charge in [-0.3, -0.25) is 14.3 Å². The van der Waals surface area contributed by atoms with Crippen molar-refractivity contribution in [2.24, 2.45) is 0 Å². The van der Waals surface area contributed by atoms with Crippen molar-refractivity contribution in [3.63, 3.8) is 0 Å². The van der Waals surface area contributed by atoms with Crippen molar-refractivity contribution in [2.45, 2.75) is 32.9 Å². The van der Waals surface area contributed by atoms with Crippen LogP contribution < -0.4 is 10.6 Å². The average molecular weight is 445 g/mol. The van der Waals surface area contributed by atoms with Crippen molar-refractivity contribution in [3.8, 4) is 0 Å². The number of carbonyl (C=O) groups excluding carboxylic acids is 2. The molecular formula is C26H25FN4O2. The number of halogens is 1. The Labute approximate surface area is 191 Å². The van der Waals surface area contributed by atoms with Gasteiger partial charge in [-0.25, -0.2) is 4.39 Å². The molecule has 4 rings (SSSR count). The molecule has 2 N–H and O–H groups in total. The van der Waals surface area contributed by atoms with Crippen LogP contribution in [0.5, 0.6) is 0 Å².